The van der Waals surface area contributed by atoms with Crippen molar-refractivity contribution in [1.82, 2.24) is 0 Å². The molecule has 4 N–H and O–H groups in total. The van der Waals surface area contributed by atoms with Crippen LogP contribution in [0, 0.1) is 0 Å². The lowest BCUT2D eigenvalue weighted by Gasteiger charge is -1.79. The van der Waals surface area contributed by atoms with E-state index in [-0.39, 0.29) is 19.0 Å². The van der Waals surface area contributed by atoms with Gasteiger partial charge in [0.25, 0.3) is 16.1 Å². The van der Waals surface area contributed by atoms with E-state index < -0.39 is 16.1 Å². The first-order valence-electron chi connectivity index (χ1n) is 3.57. The van der Waals surface area contributed by atoms with Gasteiger partial charge in [0.1, 0.15) is 0 Å². The van der Waals surface area contributed by atoms with Crippen LogP contribution in [-0.4, -0.2) is 53.2 Å². The van der Waals surface area contributed by atoms with Crippen molar-refractivity contribution in [2.24, 2.45) is 0 Å². The van der Waals surface area contributed by atoms with E-state index in [1.54, 1.807) is 0 Å². The highest BCUT2D eigenvalue weighted by Crippen LogP contribution is 1.74. The number of hydrogen-bond acceptors (Lipinski definition) is 5. The van der Waals surface area contributed by atoms with Crippen molar-refractivity contribution in [2.45, 2.75) is 13.8 Å². The second kappa shape index (κ2) is 12.3. The summed E-state index contributed by atoms with van der Waals surface area (Å²) in [7, 11) is -3.66. The number of aliphatic hydroxyl groups is 2. The van der Waals surface area contributed by atoms with Crippen LogP contribution in [0.3, 0.4) is 0 Å². The topological polar surface area (TPSA) is 132 Å². The van der Waals surface area contributed by atoms with E-state index in [2.05, 4.69) is 0 Å². The molecule has 0 saturated carbocycles. The summed E-state index contributed by atoms with van der Waals surface area (Å²) in [6.45, 7) is 2.20. The average Bonchev–Trinajstić information content (AvgIpc) is 2.03. The zero-order chi connectivity index (χ0) is 12.2. The van der Waals surface area contributed by atoms with Crippen molar-refractivity contribution in [3.05, 3.63) is 0 Å². The Morgan fingerprint density at radius 2 is 1.36 bits per heavy atom. The minimum Gasteiger partial charge on any atom is -0.481 e. The van der Waals surface area contributed by atoms with Crippen LogP contribution < -0.4 is 0 Å². The minimum atomic E-state index is -3.66. The van der Waals surface area contributed by atoms with Gasteiger partial charge >= 0.3 is 0 Å². The van der Waals surface area contributed by atoms with Gasteiger partial charge in [0, 0.05) is 6.92 Å². The zero-order valence-electron chi connectivity index (χ0n) is 8.04. The Hall–Kier alpha value is -0.700. The van der Waals surface area contributed by atoms with Crippen LogP contribution in [0.5, 0.6) is 0 Å². The molecular formula is C6H16O7S. The van der Waals surface area contributed by atoms with E-state index in [0.717, 1.165) is 6.92 Å². The molecule has 0 amide bonds. The number of rotatable bonds is 2. The van der Waals surface area contributed by atoms with E-state index in [1.807, 2.05) is 0 Å². The smallest absolute Gasteiger partial charge is 0.300 e. The number of carbonyl (C=O) groups is 1. The van der Waals surface area contributed by atoms with Gasteiger partial charge in [0.2, 0.25) is 0 Å². The van der Waals surface area contributed by atoms with Gasteiger partial charge in [0.15, 0.2) is 0 Å². The lowest BCUT2D eigenvalue weighted by atomic mass is 10.8. The third-order valence-corrected chi connectivity index (χ3v) is 1.19. The Morgan fingerprint density at radius 3 is 1.36 bits per heavy atom. The Morgan fingerprint density at radius 1 is 1.21 bits per heavy atom. The van der Waals surface area contributed by atoms with Crippen molar-refractivity contribution in [1.29, 1.82) is 0 Å². The number of hydrogen-bond donors (Lipinski definition) is 4. The van der Waals surface area contributed by atoms with Crippen molar-refractivity contribution >= 4 is 16.1 Å². The van der Waals surface area contributed by atoms with Crippen molar-refractivity contribution in [3.63, 3.8) is 0 Å². The van der Waals surface area contributed by atoms with Crippen LogP contribution in [0.4, 0.5) is 0 Å². The Balaban J connectivity index is -0.000000135. The zero-order valence-corrected chi connectivity index (χ0v) is 8.86. The van der Waals surface area contributed by atoms with Crippen LogP contribution in [0.15, 0.2) is 0 Å². The lowest BCUT2D eigenvalue weighted by molar-refractivity contribution is -0.134. The molecule has 0 aromatic rings. The first kappa shape index (κ1) is 19.0. The highest BCUT2D eigenvalue weighted by Gasteiger charge is 1.93. The highest BCUT2D eigenvalue weighted by molar-refractivity contribution is 7.85. The molecule has 0 saturated heterocycles. The summed E-state index contributed by atoms with van der Waals surface area (Å²) in [5.74, 6) is -1.03. The Kier molecular flexibility index (Phi) is 16.7. The maximum Gasteiger partial charge on any atom is 0.300 e. The average molecular weight is 232 g/mol. The number of carboxylic acid groups (broad SMARTS) is 1. The molecule has 0 aliphatic rings. The van der Waals surface area contributed by atoms with Crippen molar-refractivity contribution in [3.8, 4) is 0 Å². The first-order chi connectivity index (χ1) is 6.21. The molecule has 0 fully saturated rings. The molecule has 8 heteroatoms. The molecule has 0 spiro atoms. The van der Waals surface area contributed by atoms with E-state index in [4.69, 9.17) is 24.7 Å². The van der Waals surface area contributed by atoms with Crippen LogP contribution >= 0.6 is 0 Å². The van der Waals surface area contributed by atoms with E-state index >= 15 is 0 Å². The number of carboxylic acids is 1. The van der Waals surface area contributed by atoms with E-state index in [9.17, 15) is 8.42 Å². The molecule has 0 bridgehead atoms. The van der Waals surface area contributed by atoms with Gasteiger partial charge in [-0.05, 0) is 6.92 Å². The Labute approximate surface area is 82.7 Å². The summed E-state index contributed by atoms with van der Waals surface area (Å²) in [6, 6.07) is 0. The monoisotopic (exact) mass is 232 g/mol. The van der Waals surface area contributed by atoms with Gasteiger partial charge in [-0.2, -0.15) is 8.42 Å². The summed E-state index contributed by atoms with van der Waals surface area (Å²) < 4.78 is 26.9. The number of aliphatic hydroxyl groups excluding tert-OH is 2. The predicted octanol–water partition coefficient (Wildman–Crippen LogP) is -1.04. The first-order valence-corrected chi connectivity index (χ1v) is 5.18. The molecule has 7 nitrogen and oxygen atoms in total. The lowest BCUT2D eigenvalue weighted by Crippen LogP contribution is -1.97. The summed E-state index contributed by atoms with van der Waals surface area (Å²) >= 11 is 0. The third-order valence-electron chi connectivity index (χ3n) is 0.465. The standard InChI is InChI=1S/C2H6O3S.C2H4O2.C2H6O2/c1-2-6(3,4)5;1-2(3)4;3-1-2-4/h2H2,1H3,(H,3,4,5);1H3,(H,3,4);3-4H,1-2H2. The largest absolute Gasteiger partial charge is 0.481 e. The fraction of sp³-hybridized carbons (Fsp3) is 0.833. The summed E-state index contributed by atoms with van der Waals surface area (Å²) in [5, 5.41) is 22.7. The van der Waals surface area contributed by atoms with Gasteiger partial charge < -0.3 is 15.3 Å². The second-order valence-electron chi connectivity index (χ2n) is 1.84. The molecule has 0 aromatic heterocycles. The Bertz CT molecular complexity index is 202. The SMILES string of the molecule is CC(=O)O.CCS(=O)(=O)O.OCCO. The van der Waals surface area contributed by atoms with Crippen molar-refractivity contribution in [2.75, 3.05) is 19.0 Å². The van der Waals surface area contributed by atoms with Gasteiger partial charge in [-0.25, -0.2) is 0 Å². The molecule has 14 heavy (non-hydrogen) atoms. The van der Waals surface area contributed by atoms with E-state index in [0.29, 0.717) is 0 Å². The molecule has 0 rings (SSSR count). The molecular weight excluding hydrogens is 216 g/mol. The molecule has 0 heterocycles. The minimum absolute atomic E-state index is 0.125. The summed E-state index contributed by atoms with van der Waals surface area (Å²) in [6.07, 6.45) is 0. The quantitative estimate of drug-likeness (QED) is 0.447. The second-order valence-corrected chi connectivity index (χ2v) is 3.58. The highest BCUT2D eigenvalue weighted by atomic mass is 32.2. The summed E-state index contributed by atoms with van der Waals surface area (Å²) in [4.78, 5) is 9.00. The van der Waals surface area contributed by atoms with Gasteiger partial charge in [-0.15, -0.1) is 0 Å². The maximum absolute atomic E-state index is 9.56. The molecule has 0 radical (unpaired) electrons. The van der Waals surface area contributed by atoms with Crippen LogP contribution in [-0.2, 0) is 14.9 Å². The molecule has 0 atom stereocenters. The molecule has 0 aliphatic heterocycles. The predicted molar refractivity (Wildman–Crippen MR) is 49.6 cm³/mol. The van der Waals surface area contributed by atoms with Crippen LogP contribution in [0.25, 0.3) is 0 Å². The van der Waals surface area contributed by atoms with Gasteiger partial charge in [-0.3, -0.25) is 9.35 Å². The van der Waals surface area contributed by atoms with E-state index in [1.165, 1.54) is 6.92 Å². The molecule has 88 valence electrons. The summed E-state index contributed by atoms with van der Waals surface area (Å²) in [5.41, 5.74) is 0. The van der Waals surface area contributed by atoms with Crippen LogP contribution in [0.1, 0.15) is 13.8 Å². The third kappa shape index (κ3) is 110. The van der Waals surface area contributed by atoms with Crippen molar-refractivity contribution < 1.29 is 33.1 Å². The molecule has 0 aliphatic carbocycles. The maximum atomic E-state index is 9.56. The van der Waals surface area contributed by atoms with Gasteiger partial charge in [0.05, 0.1) is 19.0 Å². The normalized spacial score (nSPS) is 8.93. The van der Waals surface area contributed by atoms with Crippen LogP contribution in [0.2, 0.25) is 0 Å². The fourth-order valence-corrected chi connectivity index (χ4v) is 0. The fourth-order valence-electron chi connectivity index (χ4n) is 0. The van der Waals surface area contributed by atoms with Gasteiger partial charge in [-0.1, -0.05) is 0 Å². The molecule has 0 aromatic carbocycles. The molecule has 0 unspecified atom stereocenters. The number of aliphatic carboxylic acids is 1.